The molecule has 19 heavy (non-hydrogen) atoms. The van der Waals surface area contributed by atoms with Gasteiger partial charge in [-0.15, -0.1) is 0 Å². The van der Waals surface area contributed by atoms with E-state index in [9.17, 15) is 0 Å². The van der Waals surface area contributed by atoms with Gasteiger partial charge >= 0.3 is 0 Å². The van der Waals surface area contributed by atoms with Crippen molar-refractivity contribution in [3.63, 3.8) is 0 Å². The molecule has 3 atom stereocenters. The number of allylic oxidation sites excluding steroid dienone is 4. The molecule has 3 unspecified atom stereocenters. The minimum absolute atomic E-state index is 0.839. The molecule has 0 spiro atoms. The molecule has 0 fully saturated rings. The number of rotatable bonds is 1. The molecule has 0 aliphatic heterocycles. The Morgan fingerprint density at radius 3 is 2.42 bits per heavy atom. The Bertz CT molecular complexity index is 308. The Hall–Kier alpha value is -0.520. The molecule has 0 N–H and O–H groups in total. The second-order valence-corrected chi connectivity index (χ2v) is 6.94. The van der Waals surface area contributed by atoms with Gasteiger partial charge in [0.1, 0.15) is 0 Å². The Kier molecular flexibility index (Phi) is 7.49. The summed E-state index contributed by atoms with van der Waals surface area (Å²) in [6.45, 7) is 11.8. The Morgan fingerprint density at radius 1 is 1.05 bits per heavy atom. The summed E-state index contributed by atoms with van der Waals surface area (Å²) in [4.78, 5) is 0. The monoisotopic (exact) mass is 262 g/mol. The van der Waals surface area contributed by atoms with E-state index >= 15 is 0 Å². The van der Waals surface area contributed by atoms with Crippen molar-refractivity contribution < 1.29 is 0 Å². The van der Waals surface area contributed by atoms with Gasteiger partial charge in [0.05, 0.1) is 0 Å². The van der Waals surface area contributed by atoms with Crippen LogP contribution in [0.2, 0.25) is 0 Å². The molecule has 0 aromatic carbocycles. The predicted molar refractivity (Wildman–Crippen MR) is 87.3 cm³/mol. The maximum Gasteiger partial charge on any atom is -0.0291 e. The largest absolute Gasteiger partial charge is 0.0843 e. The third-order valence-corrected chi connectivity index (χ3v) is 4.90. The van der Waals surface area contributed by atoms with Gasteiger partial charge in [-0.2, -0.15) is 0 Å². The third kappa shape index (κ3) is 6.45. The predicted octanol–water partition coefficient (Wildman–Crippen LogP) is 6.53. The molecule has 1 rings (SSSR count). The van der Waals surface area contributed by atoms with Crippen molar-refractivity contribution in [2.45, 2.75) is 79.6 Å². The van der Waals surface area contributed by atoms with Gasteiger partial charge in [-0.25, -0.2) is 0 Å². The summed E-state index contributed by atoms with van der Waals surface area (Å²) in [6, 6.07) is 0. The van der Waals surface area contributed by atoms with E-state index in [0.29, 0.717) is 0 Å². The highest BCUT2D eigenvalue weighted by atomic mass is 14.2. The van der Waals surface area contributed by atoms with Crippen molar-refractivity contribution in [2.75, 3.05) is 0 Å². The second kappa shape index (κ2) is 8.61. The van der Waals surface area contributed by atoms with E-state index < -0.39 is 0 Å². The molecule has 0 aromatic rings. The summed E-state index contributed by atoms with van der Waals surface area (Å²) in [5.41, 5.74) is 3.08. The molecule has 0 radical (unpaired) electrons. The summed E-state index contributed by atoms with van der Waals surface area (Å²) in [5, 5.41) is 0. The molecule has 0 bridgehead atoms. The maximum atomic E-state index is 2.46. The van der Waals surface area contributed by atoms with Crippen molar-refractivity contribution in [1.82, 2.24) is 0 Å². The summed E-state index contributed by atoms with van der Waals surface area (Å²) in [7, 11) is 0. The zero-order valence-corrected chi connectivity index (χ0v) is 13.8. The fourth-order valence-electron chi connectivity index (χ4n) is 3.26. The normalized spacial score (nSPS) is 31.5. The Morgan fingerprint density at radius 2 is 1.74 bits per heavy atom. The molecule has 0 saturated heterocycles. The Labute approximate surface area is 121 Å². The van der Waals surface area contributed by atoms with Crippen LogP contribution >= 0.6 is 0 Å². The van der Waals surface area contributed by atoms with Crippen LogP contribution in [0, 0.1) is 17.8 Å². The third-order valence-electron chi connectivity index (χ3n) is 4.90. The lowest BCUT2D eigenvalue weighted by molar-refractivity contribution is 0.327. The van der Waals surface area contributed by atoms with Crippen LogP contribution in [0.5, 0.6) is 0 Å². The topological polar surface area (TPSA) is 0 Å². The molecule has 1 aliphatic carbocycles. The van der Waals surface area contributed by atoms with Crippen LogP contribution in [0.4, 0.5) is 0 Å². The van der Waals surface area contributed by atoms with Crippen molar-refractivity contribution >= 4 is 0 Å². The first-order valence-electron chi connectivity index (χ1n) is 8.35. The molecule has 0 heteroatoms. The van der Waals surface area contributed by atoms with Gasteiger partial charge in [0.25, 0.3) is 0 Å². The van der Waals surface area contributed by atoms with Gasteiger partial charge in [-0.05, 0) is 57.3 Å². The van der Waals surface area contributed by atoms with E-state index in [1.54, 1.807) is 5.57 Å². The molecule has 0 nitrogen and oxygen atoms in total. The quantitative estimate of drug-likeness (QED) is 0.504. The number of hydrogen-bond acceptors (Lipinski definition) is 0. The SMILES string of the molecule is CCC1CCC=CC(C)=C(C)CC(C)CCC(C)C1. The van der Waals surface area contributed by atoms with Gasteiger partial charge < -0.3 is 0 Å². The zero-order valence-electron chi connectivity index (χ0n) is 13.8. The average molecular weight is 262 g/mol. The minimum Gasteiger partial charge on any atom is -0.0843 e. The van der Waals surface area contributed by atoms with Gasteiger partial charge in [0.2, 0.25) is 0 Å². The first-order valence-corrected chi connectivity index (χ1v) is 8.35. The standard InChI is InChI=1S/C19H34/c1-6-19-10-8-7-9-17(4)18(5)13-15(2)11-12-16(3)14-19/h7,9,15-16,19H,6,8,10-14H2,1-5H3. The lowest BCUT2D eigenvalue weighted by Gasteiger charge is -2.20. The van der Waals surface area contributed by atoms with Gasteiger partial charge in [-0.3, -0.25) is 0 Å². The van der Waals surface area contributed by atoms with Crippen LogP contribution in [0.15, 0.2) is 23.3 Å². The highest BCUT2D eigenvalue weighted by Gasteiger charge is 2.13. The lowest BCUT2D eigenvalue weighted by atomic mass is 9.85. The van der Waals surface area contributed by atoms with Crippen LogP contribution in [0.1, 0.15) is 79.6 Å². The van der Waals surface area contributed by atoms with Gasteiger partial charge in [0, 0.05) is 0 Å². The van der Waals surface area contributed by atoms with E-state index in [0.717, 1.165) is 17.8 Å². The van der Waals surface area contributed by atoms with Crippen LogP contribution in [-0.2, 0) is 0 Å². The van der Waals surface area contributed by atoms with Crippen LogP contribution < -0.4 is 0 Å². The van der Waals surface area contributed by atoms with E-state index in [2.05, 4.69) is 46.8 Å². The van der Waals surface area contributed by atoms with Gasteiger partial charge in [0.15, 0.2) is 0 Å². The molecule has 0 aromatic heterocycles. The number of hydrogen-bond donors (Lipinski definition) is 0. The molecule has 110 valence electrons. The van der Waals surface area contributed by atoms with Crippen molar-refractivity contribution in [2.24, 2.45) is 17.8 Å². The summed E-state index contributed by atoms with van der Waals surface area (Å²) < 4.78 is 0. The van der Waals surface area contributed by atoms with Crippen molar-refractivity contribution in [3.8, 4) is 0 Å². The summed E-state index contributed by atoms with van der Waals surface area (Å²) in [5.74, 6) is 2.68. The molecular weight excluding hydrogens is 228 g/mol. The summed E-state index contributed by atoms with van der Waals surface area (Å²) >= 11 is 0. The highest BCUT2D eigenvalue weighted by Crippen LogP contribution is 2.28. The van der Waals surface area contributed by atoms with Gasteiger partial charge in [-0.1, -0.05) is 63.3 Å². The van der Waals surface area contributed by atoms with E-state index in [-0.39, 0.29) is 0 Å². The zero-order chi connectivity index (χ0) is 14.3. The molecule has 0 saturated carbocycles. The van der Waals surface area contributed by atoms with Crippen molar-refractivity contribution in [3.05, 3.63) is 23.3 Å². The first kappa shape index (κ1) is 16.5. The lowest BCUT2D eigenvalue weighted by Crippen LogP contribution is -2.07. The van der Waals surface area contributed by atoms with Crippen LogP contribution in [0.25, 0.3) is 0 Å². The first-order chi connectivity index (χ1) is 9.02. The molecule has 0 heterocycles. The van der Waals surface area contributed by atoms with Crippen molar-refractivity contribution in [1.29, 1.82) is 0 Å². The van der Waals surface area contributed by atoms with Crippen LogP contribution in [-0.4, -0.2) is 0 Å². The fourth-order valence-corrected chi connectivity index (χ4v) is 3.26. The highest BCUT2D eigenvalue weighted by molar-refractivity contribution is 5.22. The molecule has 0 amide bonds. The average Bonchev–Trinajstić information content (AvgIpc) is 2.39. The Balaban J connectivity index is 2.72. The second-order valence-electron chi connectivity index (χ2n) is 6.94. The molecule has 1 aliphatic rings. The minimum atomic E-state index is 0.839. The summed E-state index contributed by atoms with van der Waals surface area (Å²) in [6.07, 6.45) is 14.3. The fraction of sp³-hybridized carbons (Fsp3) is 0.789. The van der Waals surface area contributed by atoms with Crippen LogP contribution in [0.3, 0.4) is 0 Å². The van der Waals surface area contributed by atoms with E-state index in [1.807, 2.05) is 0 Å². The molecular formula is C19H34. The smallest absolute Gasteiger partial charge is 0.0291 e. The van der Waals surface area contributed by atoms with E-state index in [4.69, 9.17) is 0 Å². The van der Waals surface area contributed by atoms with E-state index in [1.165, 1.54) is 50.5 Å². The maximum absolute atomic E-state index is 2.46.